The Morgan fingerprint density at radius 2 is 1.82 bits per heavy atom. The number of hydrogen-bond acceptors (Lipinski definition) is 4. The Morgan fingerprint density at radius 3 is 2.61 bits per heavy atom. The molecule has 0 aliphatic carbocycles. The number of para-hydroxylation sites is 1. The van der Waals surface area contributed by atoms with Gasteiger partial charge in [0.05, 0.1) is 30.6 Å². The fraction of sp³-hybridized carbons (Fsp3) is 0.240. The number of amides is 1. The van der Waals surface area contributed by atoms with Gasteiger partial charge in [-0.3, -0.25) is 14.6 Å². The highest BCUT2D eigenvalue weighted by Crippen LogP contribution is 2.49. The lowest BCUT2D eigenvalue weighted by atomic mass is 9.99. The summed E-state index contributed by atoms with van der Waals surface area (Å²) in [6.45, 7) is 1.32. The van der Waals surface area contributed by atoms with E-state index in [0.717, 1.165) is 34.8 Å². The minimum Gasteiger partial charge on any atom is -0.496 e. The van der Waals surface area contributed by atoms with Crippen LogP contribution in [0.3, 0.4) is 0 Å². The Morgan fingerprint density at radius 1 is 1.03 bits per heavy atom. The standard InChI is InChI=1S/C25H21F3N2O2S/c1-32-21-7-4-5-16-11-12-29(14-18(16)21)15-24(31)30-19-6-2-3-8-22(19)33-23-10-9-17(13-20(23)30)25(26,27)28/h2-10,13H,11-12,14-15H2,1H3. The Hall–Kier alpha value is -2.97. The van der Waals surface area contributed by atoms with Crippen LogP contribution in [-0.2, 0) is 23.9 Å². The molecule has 0 saturated carbocycles. The molecular formula is C25H21F3N2O2S. The van der Waals surface area contributed by atoms with Gasteiger partial charge >= 0.3 is 6.18 Å². The van der Waals surface area contributed by atoms with E-state index >= 15 is 0 Å². The molecule has 2 aliphatic rings. The van der Waals surface area contributed by atoms with Gasteiger partial charge in [-0.1, -0.05) is 36.0 Å². The third-order valence-electron chi connectivity index (χ3n) is 5.99. The third-order valence-corrected chi connectivity index (χ3v) is 7.12. The molecule has 0 bridgehead atoms. The molecule has 0 saturated heterocycles. The van der Waals surface area contributed by atoms with E-state index < -0.39 is 11.7 Å². The van der Waals surface area contributed by atoms with Crippen molar-refractivity contribution in [1.29, 1.82) is 0 Å². The average molecular weight is 471 g/mol. The summed E-state index contributed by atoms with van der Waals surface area (Å²) in [5, 5.41) is 0. The Bertz CT molecular complexity index is 1210. The Kier molecular flexibility index (Phi) is 5.58. The van der Waals surface area contributed by atoms with E-state index in [9.17, 15) is 18.0 Å². The first-order valence-electron chi connectivity index (χ1n) is 10.5. The van der Waals surface area contributed by atoms with Crippen LogP contribution in [-0.4, -0.2) is 31.0 Å². The number of carbonyl (C=O) groups is 1. The number of fused-ring (bicyclic) bond motifs is 3. The first kappa shape index (κ1) is 21.9. The Labute approximate surface area is 194 Å². The number of anilines is 2. The van der Waals surface area contributed by atoms with Crippen LogP contribution in [0.5, 0.6) is 5.75 Å². The lowest BCUT2D eigenvalue weighted by molar-refractivity contribution is -0.137. The fourth-order valence-electron chi connectivity index (χ4n) is 4.39. The van der Waals surface area contributed by atoms with Crippen LogP contribution >= 0.6 is 11.8 Å². The van der Waals surface area contributed by atoms with E-state index in [1.54, 1.807) is 19.2 Å². The summed E-state index contributed by atoms with van der Waals surface area (Å²) in [7, 11) is 1.62. The lowest BCUT2D eigenvalue weighted by Crippen LogP contribution is -2.41. The van der Waals surface area contributed by atoms with Crippen LogP contribution in [0.1, 0.15) is 16.7 Å². The van der Waals surface area contributed by atoms with Gasteiger partial charge in [0.25, 0.3) is 0 Å². The van der Waals surface area contributed by atoms with Crippen molar-refractivity contribution in [1.82, 2.24) is 4.90 Å². The number of hydrogen-bond donors (Lipinski definition) is 0. The molecule has 4 nitrogen and oxygen atoms in total. The van der Waals surface area contributed by atoms with Crippen molar-refractivity contribution in [3.63, 3.8) is 0 Å². The summed E-state index contributed by atoms with van der Waals surface area (Å²) in [4.78, 5) is 18.5. The van der Waals surface area contributed by atoms with Crippen LogP contribution < -0.4 is 9.64 Å². The maximum Gasteiger partial charge on any atom is 0.416 e. The first-order chi connectivity index (χ1) is 15.8. The Balaban J connectivity index is 1.48. The first-order valence-corrected chi connectivity index (χ1v) is 11.3. The van der Waals surface area contributed by atoms with Gasteiger partial charge in [0, 0.05) is 28.4 Å². The zero-order valence-electron chi connectivity index (χ0n) is 17.9. The van der Waals surface area contributed by atoms with E-state index in [0.29, 0.717) is 23.7 Å². The molecule has 2 heterocycles. The van der Waals surface area contributed by atoms with E-state index in [1.807, 2.05) is 29.2 Å². The number of nitrogens with zero attached hydrogens (tertiary/aromatic N) is 2. The maximum atomic E-state index is 13.6. The number of alkyl halides is 3. The number of benzene rings is 3. The van der Waals surface area contributed by atoms with E-state index in [2.05, 4.69) is 6.07 Å². The number of methoxy groups -OCH3 is 1. The van der Waals surface area contributed by atoms with Gasteiger partial charge in [-0.05, 0) is 48.4 Å². The smallest absolute Gasteiger partial charge is 0.416 e. The molecule has 2 aliphatic heterocycles. The highest BCUT2D eigenvalue weighted by atomic mass is 32.2. The van der Waals surface area contributed by atoms with Crippen molar-refractivity contribution in [3.8, 4) is 5.75 Å². The van der Waals surface area contributed by atoms with Gasteiger partial charge in [0.15, 0.2) is 0 Å². The summed E-state index contributed by atoms with van der Waals surface area (Å²) in [6.07, 6.45) is -3.71. The van der Waals surface area contributed by atoms with Gasteiger partial charge < -0.3 is 4.74 Å². The minimum atomic E-state index is -4.49. The number of halogens is 3. The number of carbonyl (C=O) groups excluding carboxylic acids is 1. The zero-order valence-corrected chi connectivity index (χ0v) is 18.7. The van der Waals surface area contributed by atoms with Gasteiger partial charge in [0.2, 0.25) is 5.91 Å². The second kappa shape index (κ2) is 8.43. The van der Waals surface area contributed by atoms with Gasteiger partial charge in [-0.2, -0.15) is 13.2 Å². The van der Waals surface area contributed by atoms with Crippen molar-refractivity contribution < 1.29 is 22.7 Å². The van der Waals surface area contributed by atoms with Gasteiger partial charge in [0.1, 0.15) is 5.75 Å². The summed E-state index contributed by atoms with van der Waals surface area (Å²) in [6, 6.07) is 16.8. The molecule has 0 aromatic heterocycles. The highest BCUT2D eigenvalue weighted by Gasteiger charge is 2.35. The molecule has 170 valence electrons. The van der Waals surface area contributed by atoms with Crippen LogP contribution in [0.15, 0.2) is 70.5 Å². The monoisotopic (exact) mass is 470 g/mol. The molecule has 3 aromatic rings. The summed E-state index contributed by atoms with van der Waals surface area (Å²) < 4.78 is 45.8. The molecule has 0 N–H and O–H groups in total. The molecule has 33 heavy (non-hydrogen) atoms. The van der Waals surface area contributed by atoms with Crippen LogP contribution in [0.4, 0.5) is 24.5 Å². The molecule has 8 heteroatoms. The fourth-order valence-corrected chi connectivity index (χ4v) is 5.43. The largest absolute Gasteiger partial charge is 0.496 e. The van der Waals surface area contributed by atoms with Crippen molar-refractivity contribution in [2.75, 3.05) is 25.1 Å². The SMILES string of the molecule is COc1cccc2c1CN(CC(=O)N1c3ccccc3Sc3ccc(C(F)(F)F)cc31)CC2. The van der Waals surface area contributed by atoms with Crippen LogP contribution in [0.2, 0.25) is 0 Å². The lowest BCUT2D eigenvalue weighted by Gasteiger charge is -2.35. The molecule has 5 rings (SSSR count). The van der Waals surface area contributed by atoms with Gasteiger partial charge in [-0.25, -0.2) is 0 Å². The minimum absolute atomic E-state index is 0.0895. The molecule has 0 unspecified atom stereocenters. The molecule has 0 spiro atoms. The molecule has 0 radical (unpaired) electrons. The summed E-state index contributed by atoms with van der Waals surface area (Å²) in [5.41, 5.74) is 2.35. The average Bonchev–Trinajstić information content (AvgIpc) is 2.81. The number of rotatable bonds is 3. The molecule has 0 fully saturated rings. The normalized spacial score (nSPS) is 15.5. The predicted octanol–water partition coefficient (Wildman–Crippen LogP) is 5.90. The van der Waals surface area contributed by atoms with Crippen molar-refractivity contribution >= 4 is 29.0 Å². The third kappa shape index (κ3) is 4.09. The van der Waals surface area contributed by atoms with Crippen LogP contribution in [0, 0.1) is 0 Å². The van der Waals surface area contributed by atoms with E-state index in [1.165, 1.54) is 28.3 Å². The zero-order chi connectivity index (χ0) is 23.2. The summed E-state index contributed by atoms with van der Waals surface area (Å²) in [5.74, 6) is 0.520. The van der Waals surface area contributed by atoms with Crippen molar-refractivity contribution in [3.05, 3.63) is 77.4 Å². The topological polar surface area (TPSA) is 32.8 Å². The van der Waals surface area contributed by atoms with E-state index in [-0.39, 0.29) is 18.1 Å². The molecule has 3 aromatic carbocycles. The molecule has 1 amide bonds. The summed E-state index contributed by atoms with van der Waals surface area (Å²) >= 11 is 1.37. The molecule has 0 atom stereocenters. The van der Waals surface area contributed by atoms with Crippen molar-refractivity contribution in [2.45, 2.75) is 28.9 Å². The van der Waals surface area contributed by atoms with Gasteiger partial charge in [-0.15, -0.1) is 0 Å². The predicted molar refractivity (Wildman–Crippen MR) is 121 cm³/mol. The van der Waals surface area contributed by atoms with E-state index in [4.69, 9.17) is 4.74 Å². The van der Waals surface area contributed by atoms with Crippen molar-refractivity contribution in [2.24, 2.45) is 0 Å². The highest BCUT2D eigenvalue weighted by molar-refractivity contribution is 7.99. The quantitative estimate of drug-likeness (QED) is 0.477. The number of ether oxygens (including phenoxy) is 1. The second-order valence-corrected chi connectivity index (χ2v) is 9.12. The maximum absolute atomic E-state index is 13.6. The molecular weight excluding hydrogens is 449 g/mol. The van der Waals surface area contributed by atoms with Crippen LogP contribution in [0.25, 0.3) is 0 Å². The second-order valence-electron chi connectivity index (χ2n) is 8.04.